The van der Waals surface area contributed by atoms with Crippen molar-refractivity contribution in [1.82, 2.24) is 0 Å². The van der Waals surface area contributed by atoms with Gasteiger partial charge in [0.25, 0.3) is 0 Å². The lowest BCUT2D eigenvalue weighted by atomic mass is 9.86. The summed E-state index contributed by atoms with van der Waals surface area (Å²) < 4.78 is 4.80. The molecular weight excluding hydrogens is 168 g/mol. The summed E-state index contributed by atoms with van der Waals surface area (Å²) in [6, 6.07) is 0. The monoisotopic (exact) mass is 184 g/mol. The van der Waals surface area contributed by atoms with Gasteiger partial charge in [-0.3, -0.25) is 0 Å². The van der Waals surface area contributed by atoms with Gasteiger partial charge in [-0.2, -0.15) is 0 Å². The van der Waals surface area contributed by atoms with E-state index in [4.69, 9.17) is 4.74 Å². The summed E-state index contributed by atoms with van der Waals surface area (Å²) in [4.78, 5) is 11.3. The highest BCUT2D eigenvalue weighted by molar-refractivity contribution is 5.79. The summed E-state index contributed by atoms with van der Waals surface area (Å²) in [7, 11) is 0. The van der Waals surface area contributed by atoms with Gasteiger partial charge in [0.05, 0.1) is 6.61 Å². The summed E-state index contributed by atoms with van der Waals surface area (Å²) in [5.74, 6) is -0.487. The SMILES string of the molecule is CCOC(=O)C1(O)CC=C(C)CC1. The maximum atomic E-state index is 11.3. The topological polar surface area (TPSA) is 46.5 Å². The molecule has 1 aliphatic rings. The molecule has 74 valence electrons. The third kappa shape index (κ3) is 2.31. The van der Waals surface area contributed by atoms with E-state index in [1.54, 1.807) is 6.92 Å². The Balaban J connectivity index is 2.62. The van der Waals surface area contributed by atoms with Crippen molar-refractivity contribution in [2.45, 2.75) is 38.7 Å². The first-order valence-corrected chi connectivity index (χ1v) is 4.64. The molecule has 13 heavy (non-hydrogen) atoms. The van der Waals surface area contributed by atoms with Gasteiger partial charge >= 0.3 is 5.97 Å². The van der Waals surface area contributed by atoms with Crippen LogP contribution in [0.15, 0.2) is 11.6 Å². The van der Waals surface area contributed by atoms with Gasteiger partial charge in [0.1, 0.15) is 0 Å². The van der Waals surface area contributed by atoms with Gasteiger partial charge in [0.15, 0.2) is 5.60 Å². The maximum Gasteiger partial charge on any atom is 0.338 e. The second-order valence-electron chi connectivity index (χ2n) is 3.51. The van der Waals surface area contributed by atoms with Crippen LogP contribution < -0.4 is 0 Å². The first-order chi connectivity index (χ1) is 6.08. The van der Waals surface area contributed by atoms with Crippen LogP contribution in [0, 0.1) is 0 Å². The molecule has 0 bridgehead atoms. The second-order valence-corrected chi connectivity index (χ2v) is 3.51. The number of hydrogen-bond acceptors (Lipinski definition) is 3. The first-order valence-electron chi connectivity index (χ1n) is 4.64. The number of hydrogen-bond donors (Lipinski definition) is 1. The lowest BCUT2D eigenvalue weighted by Gasteiger charge is -2.28. The first kappa shape index (κ1) is 10.3. The van der Waals surface area contributed by atoms with Gasteiger partial charge in [-0.1, -0.05) is 11.6 Å². The van der Waals surface area contributed by atoms with E-state index in [9.17, 15) is 9.90 Å². The van der Waals surface area contributed by atoms with Gasteiger partial charge in [0, 0.05) is 6.42 Å². The zero-order valence-electron chi connectivity index (χ0n) is 8.17. The third-order valence-electron chi connectivity index (χ3n) is 2.38. The molecule has 1 N–H and O–H groups in total. The van der Waals surface area contributed by atoms with Crippen molar-refractivity contribution < 1.29 is 14.6 Å². The molecule has 1 aliphatic carbocycles. The van der Waals surface area contributed by atoms with Crippen molar-refractivity contribution >= 4 is 5.97 Å². The van der Waals surface area contributed by atoms with Crippen LogP contribution in [0.3, 0.4) is 0 Å². The molecule has 0 aromatic rings. The van der Waals surface area contributed by atoms with Crippen LogP contribution in [0.25, 0.3) is 0 Å². The van der Waals surface area contributed by atoms with Crippen LogP contribution in [-0.4, -0.2) is 23.3 Å². The highest BCUT2D eigenvalue weighted by Gasteiger charge is 2.37. The van der Waals surface area contributed by atoms with Gasteiger partial charge in [-0.05, 0) is 26.7 Å². The summed E-state index contributed by atoms with van der Waals surface area (Å²) in [6.45, 7) is 4.07. The summed E-state index contributed by atoms with van der Waals surface area (Å²) in [5.41, 5.74) is -0.0378. The fourth-order valence-corrected chi connectivity index (χ4v) is 1.40. The molecule has 1 rings (SSSR count). The van der Waals surface area contributed by atoms with E-state index in [1.807, 2.05) is 13.0 Å². The maximum absolute atomic E-state index is 11.3. The van der Waals surface area contributed by atoms with Crippen LogP contribution in [-0.2, 0) is 9.53 Å². The smallest absolute Gasteiger partial charge is 0.338 e. The Morgan fingerprint density at radius 2 is 2.46 bits per heavy atom. The molecule has 0 saturated carbocycles. The molecule has 1 atom stereocenters. The lowest BCUT2D eigenvalue weighted by Crippen LogP contribution is -2.41. The van der Waals surface area contributed by atoms with Gasteiger partial charge in [-0.15, -0.1) is 0 Å². The van der Waals surface area contributed by atoms with E-state index in [2.05, 4.69) is 0 Å². The normalized spacial score (nSPS) is 28.1. The number of carbonyl (C=O) groups excluding carboxylic acids is 1. The molecule has 0 fully saturated rings. The molecule has 0 spiro atoms. The largest absolute Gasteiger partial charge is 0.464 e. The Hall–Kier alpha value is -0.830. The fraction of sp³-hybridized carbons (Fsp3) is 0.700. The van der Waals surface area contributed by atoms with Crippen molar-refractivity contribution in [1.29, 1.82) is 0 Å². The van der Waals surface area contributed by atoms with Crippen molar-refractivity contribution in [3.05, 3.63) is 11.6 Å². The van der Waals surface area contributed by atoms with Crippen molar-refractivity contribution in [2.75, 3.05) is 6.61 Å². The van der Waals surface area contributed by atoms with Crippen LogP contribution in [0.4, 0.5) is 0 Å². The predicted molar refractivity (Wildman–Crippen MR) is 49.2 cm³/mol. The molecule has 0 aliphatic heterocycles. The molecule has 0 radical (unpaired) electrons. The Kier molecular flexibility index (Phi) is 3.09. The molecule has 0 aromatic carbocycles. The number of esters is 1. The number of aliphatic hydroxyl groups is 1. The minimum Gasteiger partial charge on any atom is -0.464 e. The predicted octanol–water partition coefficient (Wildman–Crippen LogP) is 1.41. The number of allylic oxidation sites excluding steroid dienone is 1. The Morgan fingerprint density at radius 3 is 2.92 bits per heavy atom. The molecule has 3 nitrogen and oxygen atoms in total. The lowest BCUT2D eigenvalue weighted by molar-refractivity contribution is -0.165. The summed E-state index contributed by atoms with van der Waals surface area (Å²) >= 11 is 0. The van der Waals surface area contributed by atoms with Crippen molar-refractivity contribution in [2.24, 2.45) is 0 Å². The quantitative estimate of drug-likeness (QED) is 0.521. The van der Waals surface area contributed by atoms with Gasteiger partial charge in [-0.25, -0.2) is 4.79 Å². The van der Waals surface area contributed by atoms with Crippen LogP contribution in [0.2, 0.25) is 0 Å². The van der Waals surface area contributed by atoms with Crippen LogP contribution in [0.5, 0.6) is 0 Å². The number of rotatable bonds is 2. The Labute approximate surface area is 78.4 Å². The molecule has 0 saturated heterocycles. The van der Waals surface area contributed by atoms with E-state index in [1.165, 1.54) is 5.57 Å². The second kappa shape index (κ2) is 3.92. The molecular formula is C10H16O3. The van der Waals surface area contributed by atoms with Crippen LogP contribution in [0.1, 0.15) is 33.1 Å². The number of ether oxygens (including phenoxy) is 1. The highest BCUT2D eigenvalue weighted by atomic mass is 16.5. The van der Waals surface area contributed by atoms with E-state index in [0.717, 1.165) is 6.42 Å². The van der Waals surface area contributed by atoms with Gasteiger partial charge < -0.3 is 9.84 Å². The van der Waals surface area contributed by atoms with Crippen molar-refractivity contribution in [3.63, 3.8) is 0 Å². The minimum atomic E-state index is -1.27. The molecule has 0 heterocycles. The average molecular weight is 184 g/mol. The number of carbonyl (C=O) groups is 1. The standard InChI is InChI=1S/C10H16O3/c1-3-13-9(11)10(12)6-4-8(2)5-7-10/h4,12H,3,5-7H2,1-2H3. The molecule has 1 unspecified atom stereocenters. The van der Waals surface area contributed by atoms with E-state index in [-0.39, 0.29) is 0 Å². The van der Waals surface area contributed by atoms with Gasteiger partial charge in [0.2, 0.25) is 0 Å². The Bertz CT molecular complexity index is 232. The zero-order valence-corrected chi connectivity index (χ0v) is 8.17. The molecule has 3 heteroatoms. The van der Waals surface area contributed by atoms with E-state index in [0.29, 0.717) is 19.4 Å². The van der Waals surface area contributed by atoms with E-state index < -0.39 is 11.6 Å². The molecule has 0 aromatic heterocycles. The molecule has 0 amide bonds. The average Bonchev–Trinajstić information content (AvgIpc) is 2.11. The van der Waals surface area contributed by atoms with Crippen LogP contribution >= 0.6 is 0 Å². The third-order valence-corrected chi connectivity index (χ3v) is 2.38. The fourth-order valence-electron chi connectivity index (χ4n) is 1.40. The minimum absolute atomic E-state index is 0.323. The van der Waals surface area contributed by atoms with Crippen molar-refractivity contribution in [3.8, 4) is 0 Å². The van der Waals surface area contributed by atoms with E-state index >= 15 is 0 Å². The summed E-state index contributed by atoms with van der Waals surface area (Å²) in [6.07, 6.45) is 3.54. The zero-order chi connectivity index (χ0) is 9.90. The summed E-state index contributed by atoms with van der Waals surface area (Å²) in [5, 5.41) is 9.87. The Morgan fingerprint density at radius 1 is 1.77 bits per heavy atom. The highest BCUT2D eigenvalue weighted by Crippen LogP contribution is 2.28.